The van der Waals surface area contributed by atoms with Crippen LogP contribution >= 0.6 is 0 Å². The van der Waals surface area contributed by atoms with Gasteiger partial charge in [-0.15, -0.1) is 0 Å². The quantitative estimate of drug-likeness (QED) is 0.0932. The molecule has 0 amide bonds. The summed E-state index contributed by atoms with van der Waals surface area (Å²) < 4.78 is 5.45. The first-order chi connectivity index (χ1) is 32.0. The van der Waals surface area contributed by atoms with E-state index in [1.807, 2.05) is 0 Å². The van der Waals surface area contributed by atoms with E-state index in [1.165, 1.54) is 170 Å². The zero-order valence-corrected chi connectivity index (χ0v) is 38.8. The summed E-state index contributed by atoms with van der Waals surface area (Å²) in [7, 11) is 0. The Hall–Kier alpha value is -7.36. The summed E-state index contributed by atoms with van der Waals surface area (Å²) in [6, 6.07) is 55.2. The average Bonchev–Trinajstić information content (AvgIpc) is 3.80. The van der Waals surface area contributed by atoms with Crippen molar-refractivity contribution in [3.63, 3.8) is 0 Å². The van der Waals surface area contributed by atoms with Crippen molar-refractivity contribution in [2.45, 2.75) is 60.8 Å². The molecule has 13 aromatic rings. The van der Waals surface area contributed by atoms with Gasteiger partial charge in [-0.05, 0) is 155 Å². The molecule has 0 fully saturated rings. The first kappa shape index (κ1) is 36.9. The molecule has 2 aromatic heterocycles. The second-order valence-electron chi connectivity index (χ2n) is 20.9. The second-order valence-corrected chi connectivity index (χ2v) is 20.9. The van der Waals surface area contributed by atoms with Gasteiger partial charge in [0.15, 0.2) is 0 Å². The lowest BCUT2D eigenvalue weighted by Gasteiger charge is -2.37. The molecule has 0 saturated heterocycles. The van der Waals surface area contributed by atoms with Crippen molar-refractivity contribution in [1.29, 1.82) is 0 Å². The Kier molecular flexibility index (Phi) is 6.77. The first-order valence-corrected chi connectivity index (χ1v) is 23.8. The van der Waals surface area contributed by atoms with E-state index in [0.717, 1.165) is 0 Å². The number of rotatable bonds is 2. The number of aromatic nitrogens is 2. The number of hydrogen-bond donors (Lipinski definition) is 0. The van der Waals surface area contributed by atoms with Crippen LogP contribution in [0.15, 0.2) is 140 Å². The van der Waals surface area contributed by atoms with Crippen molar-refractivity contribution >= 4 is 121 Å². The van der Waals surface area contributed by atoms with Crippen LogP contribution in [0.2, 0.25) is 0 Å². The average molecular weight is 843 g/mol. The molecule has 0 aliphatic carbocycles. The molecule has 11 aromatic carbocycles. The van der Waals surface area contributed by atoms with Gasteiger partial charge in [-0.2, -0.15) is 0 Å². The van der Waals surface area contributed by atoms with Crippen LogP contribution in [-0.4, -0.2) is 15.8 Å². The lowest BCUT2D eigenvalue weighted by molar-refractivity contribution is 0.642. The van der Waals surface area contributed by atoms with Gasteiger partial charge in [-0.3, -0.25) is 0 Å². The maximum absolute atomic E-state index is 2.73. The predicted molar refractivity (Wildman–Crippen MR) is 285 cm³/mol. The van der Waals surface area contributed by atoms with Gasteiger partial charge in [0, 0.05) is 54.2 Å². The van der Waals surface area contributed by atoms with Gasteiger partial charge in [0.2, 0.25) is 0 Å². The third-order valence-electron chi connectivity index (χ3n) is 16.3. The van der Waals surface area contributed by atoms with Crippen LogP contribution in [0.4, 0.5) is 0 Å². The van der Waals surface area contributed by atoms with Crippen molar-refractivity contribution < 1.29 is 0 Å². The molecular formula is C63H47BN2. The Balaban J connectivity index is 1.30. The molecule has 0 saturated carbocycles. The van der Waals surface area contributed by atoms with E-state index in [9.17, 15) is 0 Å². The van der Waals surface area contributed by atoms with E-state index in [4.69, 9.17) is 0 Å². The zero-order chi connectivity index (χ0) is 44.4. The highest BCUT2D eigenvalue weighted by Gasteiger charge is 2.44. The Morgan fingerprint density at radius 2 is 0.788 bits per heavy atom. The molecule has 4 heterocycles. The number of fused-ring (bicyclic) bond motifs is 18. The molecule has 2 nitrogen and oxygen atoms in total. The molecule has 2 aliphatic heterocycles. The van der Waals surface area contributed by atoms with E-state index in [0.29, 0.717) is 0 Å². The van der Waals surface area contributed by atoms with E-state index >= 15 is 0 Å². The maximum atomic E-state index is 2.73. The van der Waals surface area contributed by atoms with Gasteiger partial charge < -0.3 is 9.13 Å². The molecule has 0 bridgehead atoms. The highest BCUT2D eigenvalue weighted by atomic mass is 15.0. The molecule has 0 atom stereocenters. The van der Waals surface area contributed by atoms with Crippen molar-refractivity contribution in [3.05, 3.63) is 184 Å². The fourth-order valence-corrected chi connectivity index (χ4v) is 13.4. The molecule has 3 heteroatoms. The van der Waals surface area contributed by atoms with Crippen LogP contribution in [0.1, 0.15) is 58.4 Å². The third-order valence-corrected chi connectivity index (χ3v) is 16.3. The summed E-state index contributed by atoms with van der Waals surface area (Å²) in [6.07, 6.45) is 0. The van der Waals surface area contributed by atoms with Crippen LogP contribution in [0, 0.1) is 41.5 Å². The molecule has 312 valence electrons. The van der Waals surface area contributed by atoms with E-state index in [-0.39, 0.29) is 12.1 Å². The summed E-state index contributed by atoms with van der Waals surface area (Å²) >= 11 is 0. The minimum Gasteiger partial charge on any atom is -0.310 e. The largest absolute Gasteiger partial charge is 0.310 e. The SMILES string of the molecule is Cc1ccc2c(c1)c1cc(C(C)(C)c3ccccc3)cc3c4cc(C)ccc4c4c5c6c(c2c4c13)-n1c2ccc(C)cc2c2cc(C)cc(c21)B6c1cc(C)cc2c3cc(C)ccc3n-5c12. The van der Waals surface area contributed by atoms with Gasteiger partial charge in [-0.25, -0.2) is 0 Å². The lowest BCUT2D eigenvalue weighted by atomic mass is 9.33. The minimum absolute atomic E-state index is 0.0248. The van der Waals surface area contributed by atoms with Crippen LogP contribution < -0.4 is 16.4 Å². The highest BCUT2D eigenvalue weighted by molar-refractivity contribution is 7.01. The van der Waals surface area contributed by atoms with Gasteiger partial charge in [0.1, 0.15) is 0 Å². The summed E-state index contributed by atoms with van der Waals surface area (Å²) in [5.41, 5.74) is 22.4. The minimum atomic E-state index is -0.234. The smallest absolute Gasteiger partial charge is 0.252 e. The van der Waals surface area contributed by atoms with Crippen LogP contribution in [-0.2, 0) is 5.41 Å². The van der Waals surface area contributed by atoms with Gasteiger partial charge >= 0.3 is 0 Å². The van der Waals surface area contributed by atoms with Gasteiger partial charge in [0.05, 0.1) is 22.4 Å². The van der Waals surface area contributed by atoms with Crippen molar-refractivity contribution in [1.82, 2.24) is 9.13 Å². The molecule has 2 aliphatic rings. The Morgan fingerprint density at radius 3 is 1.27 bits per heavy atom. The Labute approximate surface area is 384 Å². The molecule has 0 spiro atoms. The number of benzene rings is 11. The van der Waals surface area contributed by atoms with Crippen molar-refractivity contribution in [2.75, 3.05) is 0 Å². The molecule has 0 radical (unpaired) electrons. The van der Waals surface area contributed by atoms with E-state index < -0.39 is 0 Å². The van der Waals surface area contributed by atoms with Crippen molar-refractivity contribution in [2.24, 2.45) is 0 Å². The molecular weight excluding hydrogens is 796 g/mol. The third kappa shape index (κ3) is 4.36. The summed E-state index contributed by atoms with van der Waals surface area (Å²) in [4.78, 5) is 0. The van der Waals surface area contributed by atoms with Gasteiger partial charge in [-0.1, -0.05) is 138 Å². The Morgan fingerprint density at radius 1 is 0.348 bits per heavy atom. The number of aryl methyl sites for hydroxylation is 6. The standard InChI is InChI=1S/C63H47BN2/c1-32-14-18-40-42(22-32)46-30-39(63(7,8)38-12-10-9-11-13-38)31-47-43-23-33(2)15-19-41(43)56-57(54(46)47)55(40)61-58-62(56)66-53-21-17-35(4)25-45(53)49-27-37(6)29-51(60(49)66)64(58)50-28-36(5)26-48-44-24-34(3)16-20-52(44)65(61)59(48)50/h9-31H,1-8H3. The summed E-state index contributed by atoms with van der Waals surface area (Å²) in [5.74, 6) is 0. The lowest BCUT2D eigenvalue weighted by Crippen LogP contribution is -2.59. The molecule has 0 N–H and O–H groups in total. The fraction of sp³-hybridized carbons (Fsp3) is 0.143. The van der Waals surface area contributed by atoms with E-state index in [2.05, 4.69) is 204 Å². The zero-order valence-electron chi connectivity index (χ0n) is 38.8. The van der Waals surface area contributed by atoms with E-state index in [1.54, 1.807) is 0 Å². The molecule has 15 rings (SSSR count). The van der Waals surface area contributed by atoms with Crippen LogP contribution in [0.3, 0.4) is 0 Å². The van der Waals surface area contributed by atoms with Crippen molar-refractivity contribution in [3.8, 4) is 11.4 Å². The highest BCUT2D eigenvalue weighted by Crippen LogP contribution is 2.53. The fourth-order valence-electron chi connectivity index (χ4n) is 13.4. The van der Waals surface area contributed by atoms with Gasteiger partial charge in [0.25, 0.3) is 6.71 Å². The normalized spacial score (nSPS) is 13.4. The second kappa shape index (κ2) is 12.1. The maximum Gasteiger partial charge on any atom is 0.252 e. The topological polar surface area (TPSA) is 9.86 Å². The van der Waals surface area contributed by atoms with Crippen LogP contribution in [0.25, 0.3) is 109 Å². The Bertz CT molecular complexity index is 4170. The summed E-state index contributed by atoms with van der Waals surface area (Å²) in [5, 5.41) is 18.8. The van der Waals surface area contributed by atoms with Crippen LogP contribution in [0.5, 0.6) is 0 Å². The predicted octanol–water partition coefficient (Wildman–Crippen LogP) is 14.4. The number of hydrogen-bond acceptors (Lipinski definition) is 0. The molecule has 0 unspecified atom stereocenters. The first-order valence-electron chi connectivity index (χ1n) is 23.8. The monoisotopic (exact) mass is 842 g/mol. The molecule has 66 heavy (non-hydrogen) atoms. The number of nitrogens with zero attached hydrogens (tertiary/aromatic N) is 2. The summed E-state index contributed by atoms with van der Waals surface area (Å²) in [6.45, 7) is 18.5.